The first-order valence-corrected chi connectivity index (χ1v) is 5.38. The first-order chi connectivity index (χ1) is 6.09. The molecule has 80 valence electrons. The summed E-state index contributed by atoms with van der Waals surface area (Å²) in [4.78, 5) is 0.216. The second kappa shape index (κ2) is 5.31. The van der Waals surface area contributed by atoms with Gasteiger partial charge in [0.05, 0.1) is 4.90 Å². The highest BCUT2D eigenvalue weighted by Crippen LogP contribution is 2.11. The number of hydrogen-bond donors (Lipinski definition) is 2. The largest absolute Gasteiger partial charge is 0.328 e. The zero-order valence-corrected chi connectivity index (χ0v) is 9.09. The van der Waals surface area contributed by atoms with Crippen LogP contribution in [-0.4, -0.2) is 20.3 Å². The average Bonchev–Trinajstić information content (AvgIpc) is 2.18. The van der Waals surface area contributed by atoms with Crippen LogP contribution in [0.25, 0.3) is 0 Å². The van der Waals surface area contributed by atoms with Crippen LogP contribution in [0.15, 0.2) is 35.2 Å². The Balaban J connectivity index is 0.00000169. The van der Waals surface area contributed by atoms with Crippen LogP contribution in [0.3, 0.4) is 0 Å². The molecule has 1 rings (SSSR count). The second-order valence-electron chi connectivity index (χ2n) is 2.63. The van der Waals surface area contributed by atoms with E-state index in [4.69, 9.17) is 11.5 Å². The van der Waals surface area contributed by atoms with Gasteiger partial charge in [0.25, 0.3) is 0 Å². The summed E-state index contributed by atoms with van der Waals surface area (Å²) in [6.07, 6.45) is 0. The normalized spacial score (nSPS) is 13.0. The van der Waals surface area contributed by atoms with E-state index in [1.807, 2.05) is 0 Å². The van der Waals surface area contributed by atoms with Crippen molar-refractivity contribution < 1.29 is 8.42 Å². The molecule has 0 amide bonds. The summed E-state index contributed by atoms with van der Waals surface area (Å²) in [7, 11) is -3.44. The molecule has 0 fully saturated rings. The number of halogens is 1. The quantitative estimate of drug-likeness (QED) is 0.781. The Morgan fingerprint density at radius 1 is 1.21 bits per heavy atom. The highest BCUT2D eigenvalue weighted by Gasteiger charge is 2.21. The van der Waals surface area contributed by atoms with E-state index in [2.05, 4.69) is 0 Å². The number of nitrogens with two attached hydrogens (primary N) is 2. The SMILES string of the molecule is Cl.NCC(N)S(=O)(=O)c1ccccc1. The Kier molecular flexibility index (Phi) is 5.07. The molecule has 4 nitrogen and oxygen atoms in total. The zero-order valence-electron chi connectivity index (χ0n) is 7.46. The van der Waals surface area contributed by atoms with Crippen LogP contribution in [0.1, 0.15) is 0 Å². The van der Waals surface area contributed by atoms with Crippen LogP contribution < -0.4 is 11.5 Å². The Morgan fingerprint density at radius 3 is 2.14 bits per heavy atom. The first-order valence-electron chi connectivity index (χ1n) is 3.83. The lowest BCUT2D eigenvalue weighted by Crippen LogP contribution is -2.37. The van der Waals surface area contributed by atoms with Crippen LogP contribution in [0.2, 0.25) is 0 Å². The van der Waals surface area contributed by atoms with E-state index in [1.54, 1.807) is 18.2 Å². The van der Waals surface area contributed by atoms with Crippen molar-refractivity contribution in [1.82, 2.24) is 0 Å². The molecular formula is C8H13ClN2O2S. The van der Waals surface area contributed by atoms with Crippen molar-refractivity contribution in [1.29, 1.82) is 0 Å². The Labute approximate surface area is 89.6 Å². The third-order valence-electron chi connectivity index (χ3n) is 1.70. The molecule has 1 aromatic carbocycles. The van der Waals surface area contributed by atoms with Crippen LogP contribution in [0.5, 0.6) is 0 Å². The van der Waals surface area contributed by atoms with Gasteiger partial charge in [-0.15, -0.1) is 12.4 Å². The van der Waals surface area contributed by atoms with Crippen molar-refractivity contribution in [3.63, 3.8) is 0 Å². The summed E-state index contributed by atoms with van der Waals surface area (Å²) in [5.41, 5.74) is 10.6. The van der Waals surface area contributed by atoms with Crippen molar-refractivity contribution in [3.05, 3.63) is 30.3 Å². The molecule has 0 aliphatic heterocycles. The molecule has 0 aromatic heterocycles. The van der Waals surface area contributed by atoms with E-state index in [-0.39, 0.29) is 23.8 Å². The van der Waals surface area contributed by atoms with Crippen molar-refractivity contribution in [3.8, 4) is 0 Å². The van der Waals surface area contributed by atoms with Crippen LogP contribution in [-0.2, 0) is 9.84 Å². The first kappa shape index (κ1) is 13.4. The molecule has 14 heavy (non-hydrogen) atoms. The number of hydrogen-bond acceptors (Lipinski definition) is 4. The maximum atomic E-state index is 11.6. The Bertz CT molecular complexity index is 366. The van der Waals surface area contributed by atoms with Crippen molar-refractivity contribution in [2.24, 2.45) is 11.5 Å². The molecule has 0 heterocycles. The molecular weight excluding hydrogens is 224 g/mol. The molecule has 1 unspecified atom stereocenters. The lowest BCUT2D eigenvalue weighted by Gasteiger charge is -2.09. The minimum absolute atomic E-state index is 0. The molecule has 1 aromatic rings. The van der Waals surface area contributed by atoms with E-state index in [0.717, 1.165) is 0 Å². The molecule has 6 heteroatoms. The zero-order chi connectivity index (χ0) is 9.90. The fourth-order valence-corrected chi connectivity index (χ4v) is 2.05. The molecule has 4 N–H and O–H groups in total. The highest BCUT2D eigenvalue weighted by atomic mass is 35.5. The fourth-order valence-electron chi connectivity index (χ4n) is 0.912. The van der Waals surface area contributed by atoms with Crippen molar-refractivity contribution >= 4 is 22.2 Å². The Morgan fingerprint density at radius 2 is 1.71 bits per heavy atom. The predicted molar refractivity (Wildman–Crippen MR) is 57.9 cm³/mol. The third kappa shape index (κ3) is 2.68. The van der Waals surface area contributed by atoms with Gasteiger partial charge in [0, 0.05) is 6.54 Å². The van der Waals surface area contributed by atoms with Gasteiger partial charge in [0.1, 0.15) is 5.37 Å². The van der Waals surface area contributed by atoms with Gasteiger partial charge in [-0.1, -0.05) is 18.2 Å². The standard InChI is InChI=1S/C8H12N2O2S.ClH/c9-6-8(10)13(11,12)7-4-2-1-3-5-7;/h1-5,8H,6,9-10H2;1H. The lowest BCUT2D eigenvalue weighted by atomic mass is 10.4. The summed E-state index contributed by atoms with van der Waals surface area (Å²) in [5, 5.41) is -1.02. The van der Waals surface area contributed by atoms with E-state index in [9.17, 15) is 8.42 Å². The molecule has 1 atom stereocenters. The molecule has 0 saturated heterocycles. The van der Waals surface area contributed by atoms with Gasteiger partial charge in [-0.25, -0.2) is 8.42 Å². The average molecular weight is 237 g/mol. The highest BCUT2D eigenvalue weighted by molar-refractivity contribution is 7.92. The number of sulfone groups is 1. The van der Waals surface area contributed by atoms with Gasteiger partial charge < -0.3 is 11.5 Å². The van der Waals surface area contributed by atoms with E-state index in [1.165, 1.54) is 12.1 Å². The number of rotatable bonds is 3. The van der Waals surface area contributed by atoms with Crippen molar-refractivity contribution in [2.45, 2.75) is 10.3 Å². The molecule has 0 aliphatic carbocycles. The second-order valence-corrected chi connectivity index (χ2v) is 4.80. The molecule has 0 saturated carbocycles. The molecule has 0 radical (unpaired) electrons. The minimum Gasteiger partial charge on any atom is -0.328 e. The van der Waals surface area contributed by atoms with E-state index < -0.39 is 15.2 Å². The summed E-state index contributed by atoms with van der Waals surface area (Å²) >= 11 is 0. The fraction of sp³-hybridized carbons (Fsp3) is 0.250. The van der Waals surface area contributed by atoms with Gasteiger partial charge in [-0.3, -0.25) is 0 Å². The molecule has 0 spiro atoms. The summed E-state index contributed by atoms with van der Waals surface area (Å²) in [6, 6.07) is 8.05. The van der Waals surface area contributed by atoms with Gasteiger partial charge in [-0.05, 0) is 12.1 Å². The van der Waals surface area contributed by atoms with Crippen LogP contribution in [0, 0.1) is 0 Å². The third-order valence-corrected chi connectivity index (χ3v) is 3.62. The Hall–Kier alpha value is -0.620. The predicted octanol–water partition coefficient (Wildman–Crippen LogP) is 0.126. The van der Waals surface area contributed by atoms with Gasteiger partial charge in [0.2, 0.25) is 0 Å². The van der Waals surface area contributed by atoms with Gasteiger partial charge in [-0.2, -0.15) is 0 Å². The maximum Gasteiger partial charge on any atom is 0.195 e. The van der Waals surface area contributed by atoms with Gasteiger partial charge in [0.15, 0.2) is 9.84 Å². The van der Waals surface area contributed by atoms with Crippen LogP contribution in [0.4, 0.5) is 0 Å². The van der Waals surface area contributed by atoms with Gasteiger partial charge >= 0.3 is 0 Å². The van der Waals surface area contributed by atoms with E-state index in [0.29, 0.717) is 0 Å². The van der Waals surface area contributed by atoms with Crippen LogP contribution >= 0.6 is 12.4 Å². The molecule has 0 bridgehead atoms. The molecule has 0 aliphatic rings. The minimum atomic E-state index is -3.44. The number of benzene rings is 1. The summed E-state index contributed by atoms with van der Waals surface area (Å²) in [6.45, 7) is -0.0722. The van der Waals surface area contributed by atoms with E-state index >= 15 is 0 Å². The smallest absolute Gasteiger partial charge is 0.195 e. The maximum absolute atomic E-state index is 11.6. The summed E-state index contributed by atoms with van der Waals surface area (Å²) in [5.74, 6) is 0. The van der Waals surface area contributed by atoms with Crippen molar-refractivity contribution in [2.75, 3.05) is 6.54 Å². The lowest BCUT2D eigenvalue weighted by molar-refractivity contribution is 0.581. The topological polar surface area (TPSA) is 86.2 Å². The monoisotopic (exact) mass is 236 g/mol. The summed E-state index contributed by atoms with van der Waals surface area (Å²) < 4.78 is 23.1.